The van der Waals surface area contributed by atoms with Gasteiger partial charge in [-0.15, -0.1) is 0 Å². The molecule has 0 radical (unpaired) electrons. The molecule has 5 rings (SSSR count). The number of hydrogen-bond donors (Lipinski definition) is 2. The maximum absolute atomic E-state index is 13.7. The van der Waals surface area contributed by atoms with E-state index in [0.29, 0.717) is 34.9 Å². The second-order valence-corrected chi connectivity index (χ2v) is 10.3. The number of likely N-dealkylation sites (tertiary alicyclic amines) is 1. The molecule has 2 aliphatic heterocycles. The van der Waals surface area contributed by atoms with Crippen molar-refractivity contribution in [3.63, 3.8) is 0 Å². The lowest BCUT2D eigenvalue weighted by Crippen LogP contribution is -2.36. The molecule has 1 saturated heterocycles. The molecule has 12 heteroatoms. The van der Waals surface area contributed by atoms with E-state index in [1.54, 1.807) is 12.2 Å². The molecule has 218 valence electrons. The van der Waals surface area contributed by atoms with Crippen molar-refractivity contribution in [2.75, 3.05) is 25.0 Å². The van der Waals surface area contributed by atoms with Crippen LogP contribution in [0.1, 0.15) is 48.9 Å². The Bertz CT molecular complexity index is 1370. The van der Waals surface area contributed by atoms with Crippen LogP contribution in [0, 0.1) is 0 Å². The normalized spacial score (nSPS) is 20.5. The number of piperidine rings is 1. The molecular weight excluding hydrogens is 548 g/mol. The fourth-order valence-corrected chi connectivity index (χ4v) is 5.21. The van der Waals surface area contributed by atoms with Gasteiger partial charge in [0.1, 0.15) is 11.7 Å². The molecule has 0 bridgehead atoms. The van der Waals surface area contributed by atoms with Gasteiger partial charge in [-0.3, -0.25) is 9.98 Å². The van der Waals surface area contributed by atoms with Gasteiger partial charge in [-0.05, 0) is 67.8 Å². The standard InChI is InChI=1S/C29H29F6N5O/c30-28(31,32)19-6-8-20(9-7-19)37-27-22-10-5-18(26-23(29(33,34)35)3-1-13-36-26)17-24(22)38-25(39-27)4-2-14-40-15-11-21(41)12-16-40/h1,3,5-10,13,21,24,41H,2,4,11-12,14-17H2,(H,37,38,39). The van der Waals surface area contributed by atoms with Crippen molar-refractivity contribution < 1.29 is 31.4 Å². The number of nitrogens with one attached hydrogen (secondary N) is 1. The molecule has 1 unspecified atom stereocenters. The van der Waals surface area contributed by atoms with Crippen LogP contribution in [0.5, 0.6) is 0 Å². The smallest absolute Gasteiger partial charge is 0.393 e. The molecule has 0 amide bonds. The van der Waals surface area contributed by atoms with Crippen LogP contribution in [0.2, 0.25) is 0 Å². The summed E-state index contributed by atoms with van der Waals surface area (Å²) in [5.41, 5.74) is -0.349. The predicted molar refractivity (Wildman–Crippen MR) is 145 cm³/mol. The number of pyridine rings is 1. The maximum Gasteiger partial charge on any atom is 0.418 e. The SMILES string of the molecule is OC1CCN(CCCC2=NC3CC(c4ncccc4C(F)(F)F)=CC=C3C(Nc3ccc(C(F)(F)F)cc3)=N2)CC1. The first-order valence-corrected chi connectivity index (χ1v) is 13.4. The van der Waals surface area contributed by atoms with Crippen LogP contribution in [0.3, 0.4) is 0 Å². The summed E-state index contributed by atoms with van der Waals surface area (Å²) in [6.45, 7) is 2.38. The number of anilines is 1. The number of rotatable bonds is 6. The lowest BCUT2D eigenvalue weighted by atomic mass is 9.88. The minimum Gasteiger partial charge on any atom is -0.393 e. The van der Waals surface area contributed by atoms with Gasteiger partial charge in [0.2, 0.25) is 0 Å². The maximum atomic E-state index is 13.7. The fraction of sp³-hybridized carbons (Fsp3) is 0.414. The molecule has 1 atom stereocenters. The van der Waals surface area contributed by atoms with Crippen LogP contribution in [0.4, 0.5) is 32.0 Å². The van der Waals surface area contributed by atoms with Crippen molar-refractivity contribution in [2.45, 2.75) is 56.6 Å². The van der Waals surface area contributed by atoms with Gasteiger partial charge in [0.25, 0.3) is 0 Å². The average Bonchev–Trinajstić information content (AvgIpc) is 2.93. The topological polar surface area (TPSA) is 73.1 Å². The van der Waals surface area contributed by atoms with E-state index in [-0.39, 0.29) is 18.2 Å². The van der Waals surface area contributed by atoms with Gasteiger partial charge >= 0.3 is 12.4 Å². The Hall–Kier alpha value is -3.51. The minimum atomic E-state index is -4.57. The Balaban J connectivity index is 1.40. The molecule has 6 nitrogen and oxygen atoms in total. The molecule has 0 saturated carbocycles. The highest BCUT2D eigenvalue weighted by Crippen LogP contribution is 2.38. The molecule has 3 aliphatic rings. The van der Waals surface area contributed by atoms with Crippen molar-refractivity contribution in [3.05, 3.63) is 77.1 Å². The number of aliphatic hydroxyl groups excluding tert-OH is 1. The Morgan fingerprint density at radius 1 is 0.951 bits per heavy atom. The summed E-state index contributed by atoms with van der Waals surface area (Å²) in [4.78, 5) is 15.7. The third kappa shape index (κ3) is 7.05. The highest BCUT2D eigenvalue weighted by atomic mass is 19.4. The Morgan fingerprint density at radius 3 is 2.37 bits per heavy atom. The van der Waals surface area contributed by atoms with Crippen LogP contribution in [-0.2, 0) is 12.4 Å². The number of fused-ring (bicyclic) bond motifs is 1. The Kier molecular flexibility index (Phi) is 8.32. The van der Waals surface area contributed by atoms with Gasteiger partial charge in [-0.1, -0.05) is 12.2 Å². The first-order chi connectivity index (χ1) is 19.5. The van der Waals surface area contributed by atoms with Crippen molar-refractivity contribution >= 4 is 22.9 Å². The third-order valence-electron chi connectivity index (χ3n) is 7.38. The second kappa shape index (κ2) is 11.8. The molecule has 41 heavy (non-hydrogen) atoms. The fourth-order valence-electron chi connectivity index (χ4n) is 5.21. The van der Waals surface area contributed by atoms with E-state index in [1.165, 1.54) is 24.4 Å². The molecule has 1 fully saturated rings. The molecule has 0 spiro atoms. The first-order valence-electron chi connectivity index (χ1n) is 13.4. The molecule has 1 aromatic heterocycles. The van der Waals surface area contributed by atoms with Gasteiger partial charge in [-0.2, -0.15) is 26.3 Å². The molecular formula is C29H29F6N5O. The summed E-state index contributed by atoms with van der Waals surface area (Å²) in [5, 5.41) is 12.8. The van der Waals surface area contributed by atoms with Crippen molar-refractivity contribution in [3.8, 4) is 0 Å². The molecule has 2 aromatic rings. The number of halogens is 6. The summed E-state index contributed by atoms with van der Waals surface area (Å²) in [5.74, 6) is 0.908. The van der Waals surface area contributed by atoms with E-state index in [0.717, 1.165) is 57.1 Å². The minimum absolute atomic E-state index is 0.154. The summed E-state index contributed by atoms with van der Waals surface area (Å²) in [6, 6.07) is 6.27. The number of allylic oxidation sites excluding steroid dienone is 2. The lowest BCUT2D eigenvalue weighted by molar-refractivity contribution is -0.138. The van der Waals surface area contributed by atoms with Gasteiger partial charge in [-0.25, -0.2) is 4.99 Å². The van der Waals surface area contributed by atoms with Gasteiger partial charge in [0.05, 0.1) is 29.0 Å². The second-order valence-electron chi connectivity index (χ2n) is 10.3. The number of nitrogens with zero attached hydrogens (tertiary/aromatic N) is 4. The number of hydrogen-bond acceptors (Lipinski definition) is 6. The number of aromatic nitrogens is 1. The van der Waals surface area contributed by atoms with E-state index >= 15 is 0 Å². The summed E-state index contributed by atoms with van der Waals surface area (Å²) < 4.78 is 80.2. The zero-order chi connectivity index (χ0) is 29.2. The van der Waals surface area contributed by atoms with Gasteiger partial charge < -0.3 is 15.3 Å². The number of amidine groups is 2. The number of alkyl halides is 6. The summed E-state index contributed by atoms with van der Waals surface area (Å²) in [6.07, 6.45) is -1.93. The van der Waals surface area contributed by atoms with Crippen LogP contribution in [0.15, 0.2) is 70.3 Å². The van der Waals surface area contributed by atoms with Gasteiger partial charge in [0, 0.05) is 43.4 Å². The monoisotopic (exact) mass is 577 g/mol. The molecule has 1 aromatic carbocycles. The highest BCUT2D eigenvalue weighted by Gasteiger charge is 2.37. The third-order valence-corrected chi connectivity index (χ3v) is 7.38. The van der Waals surface area contributed by atoms with E-state index in [1.807, 2.05) is 0 Å². The Labute approximate surface area is 233 Å². The number of benzene rings is 1. The van der Waals surface area contributed by atoms with Crippen molar-refractivity contribution in [1.29, 1.82) is 0 Å². The van der Waals surface area contributed by atoms with E-state index in [4.69, 9.17) is 4.99 Å². The number of aliphatic hydroxyl groups is 1. The number of aliphatic imine (C=N–C) groups is 2. The van der Waals surface area contributed by atoms with E-state index in [2.05, 4.69) is 20.2 Å². The lowest BCUT2D eigenvalue weighted by Gasteiger charge is -2.30. The zero-order valence-electron chi connectivity index (χ0n) is 22.0. The summed E-state index contributed by atoms with van der Waals surface area (Å²) in [7, 11) is 0. The van der Waals surface area contributed by atoms with Crippen LogP contribution < -0.4 is 5.32 Å². The van der Waals surface area contributed by atoms with E-state index in [9.17, 15) is 31.4 Å². The van der Waals surface area contributed by atoms with Crippen molar-refractivity contribution in [1.82, 2.24) is 9.88 Å². The first kappa shape index (κ1) is 29.0. The Morgan fingerprint density at radius 2 is 1.68 bits per heavy atom. The quantitative estimate of drug-likeness (QED) is 0.392. The molecule has 2 N–H and O–H groups in total. The van der Waals surface area contributed by atoms with E-state index < -0.39 is 29.5 Å². The predicted octanol–water partition coefficient (Wildman–Crippen LogP) is 6.36. The largest absolute Gasteiger partial charge is 0.418 e. The van der Waals surface area contributed by atoms with Crippen LogP contribution in [-0.4, -0.2) is 58.4 Å². The molecule has 3 heterocycles. The van der Waals surface area contributed by atoms with Crippen LogP contribution >= 0.6 is 0 Å². The molecule has 1 aliphatic carbocycles. The highest BCUT2D eigenvalue weighted by molar-refractivity contribution is 6.16. The zero-order valence-corrected chi connectivity index (χ0v) is 22.0. The average molecular weight is 578 g/mol. The summed E-state index contributed by atoms with van der Waals surface area (Å²) >= 11 is 0. The van der Waals surface area contributed by atoms with Crippen LogP contribution in [0.25, 0.3) is 5.57 Å². The van der Waals surface area contributed by atoms with Crippen molar-refractivity contribution in [2.24, 2.45) is 9.98 Å². The van der Waals surface area contributed by atoms with Gasteiger partial charge in [0.15, 0.2) is 0 Å².